The summed E-state index contributed by atoms with van der Waals surface area (Å²) in [4.78, 5) is 3.94. The number of hydrogen-bond acceptors (Lipinski definition) is 4. The Morgan fingerprint density at radius 1 is 1.50 bits per heavy atom. The van der Waals surface area contributed by atoms with Crippen molar-refractivity contribution in [3.8, 4) is 6.07 Å². The van der Waals surface area contributed by atoms with Gasteiger partial charge in [-0.15, -0.1) is 0 Å². The molecular weight excluding hydrogens is 226 g/mol. The smallest absolute Gasteiger partial charge is 0.140 e. The zero-order chi connectivity index (χ0) is 12.8. The Hall–Kier alpha value is -2.19. The van der Waals surface area contributed by atoms with Crippen LogP contribution in [0.4, 0.5) is 0 Å². The number of aromatic nitrogens is 3. The van der Waals surface area contributed by atoms with Crippen LogP contribution in [0.25, 0.3) is 0 Å². The summed E-state index contributed by atoms with van der Waals surface area (Å²) in [5.41, 5.74) is 1.52. The molecule has 0 aliphatic heterocycles. The van der Waals surface area contributed by atoms with Crippen LogP contribution in [0.15, 0.2) is 36.8 Å². The second kappa shape index (κ2) is 5.94. The molecule has 0 fully saturated rings. The van der Waals surface area contributed by atoms with Crippen molar-refractivity contribution in [2.24, 2.45) is 0 Å². The molecule has 1 unspecified atom stereocenters. The van der Waals surface area contributed by atoms with Gasteiger partial charge < -0.3 is 5.32 Å². The van der Waals surface area contributed by atoms with Gasteiger partial charge in [0.1, 0.15) is 11.8 Å². The number of rotatable bonds is 5. The van der Waals surface area contributed by atoms with E-state index in [-0.39, 0.29) is 0 Å². The first-order valence-corrected chi connectivity index (χ1v) is 5.84. The van der Waals surface area contributed by atoms with Crippen LogP contribution in [-0.4, -0.2) is 20.8 Å². The maximum atomic E-state index is 8.77. The van der Waals surface area contributed by atoms with Crippen molar-refractivity contribution >= 4 is 0 Å². The van der Waals surface area contributed by atoms with E-state index in [0.717, 1.165) is 18.7 Å². The number of hydrogen-bond donors (Lipinski definition) is 1. The molecule has 2 aromatic heterocycles. The highest BCUT2D eigenvalue weighted by Crippen LogP contribution is 2.01. The van der Waals surface area contributed by atoms with E-state index in [1.54, 1.807) is 18.5 Å². The summed E-state index contributed by atoms with van der Waals surface area (Å²) < 4.78 is 1.89. The number of nitriles is 1. The van der Waals surface area contributed by atoms with Crippen molar-refractivity contribution in [3.63, 3.8) is 0 Å². The van der Waals surface area contributed by atoms with Crippen molar-refractivity contribution in [1.29, 1.82) is 5.26 Å². The van der Waals surface area contributed by atoms with Crippen LogP contribution in [0.1, 0.15) is 18.2 Å². The Labute approximate surface area is 106 Å². The normalized spacial score (nSPS) is 12.0. The molecule has 0 aliphatic rings. The topological polar surface area (TPSA) is 66.5 Å². The second-order valence-corrected chi connectivity index (χ2v) is 4.17. The van der Waals surface area contributed by atoms with Gasteiger partial charge in [-0.3, -0.25) is 4.68 Å². The van der Waals surface area contributed by atoms with E-state index in [1.807, 2.05) is 29.1 Å². The van der Waals surface area contributed by atoms with E-state index in [2.05, 4.69) is 22.3 Å². The highest BCUT2D eigenvalue weighted by atomic mass is 15.3. The predicted octanol–water partition coefficient (Wildman–Crippen LogP) is 1.33. The van der Waals surface area contributed by atoms with E-state index in [0.29, 0.717) is 11.7 Å². The average molecular weight is 241 g/mol. The lowest BCUT2D eigenvalue weighted by molar-refractivity contribution is 0.450. The molecule has 2 aromatic rings. The molecule has 0 amide bonds. The van der Waals surface area contributed by atoms with E-state index in [9.17, 15) is 0 Å². The summed E-state index contributed by atoms with van der Waals surface area (Å²) in [6.45, 7) is 3.65. The Kier molecular flexibility index (Phi) is 4.05. The summed E-state index contributed by atoms with van der Waals surface area (Å²) >= 11 is 0. The molecule has 0 spiro atoms. The molecule has 5 nitrogen and oxygen atoms in total. The van der Waals surface area contributed by atoms with Gasteiger partial charge in [0.2, 0.25) is 0 Å². The molecule has 2 rings (SSSR count). The predicted molar refractivity (Wildman–Crippen MR) is 67.5 cm³/mol. The van der Waals surface area contributed by atoms with Gasteiger partial charge in [0, 0.05) is 31.2 Å². The number of pyridine rings is 1. The van der Waals surface area contributed by atoms with Gasteiger partial charge in [0.25, 0.3) is 0 Å². The Morgan fingerprint density at radius 2 is 2.39 bits per heavy atom. The van der Waals surface area contributed by atoms with Crippen molar-refractivity contribution in [3.05, 3.63) is 48.0 Å². The van der Waals surface area contributed by atoms with Gasteiger partial charge in [0.15, 0.2) is 0 Å². The van der Waals surface area contributed by atoms with Gasteiger partial charge in [-0.2, -0.15) is 10.4 Å². The van der Waals surface area contributed by atoms with E-state index in [1.165, 1.54) is 0 Å². The Bertz CT molecular complexity index is 527. The van der Waals surface area contributed by atoms with Gasteiger partial charge in [-0.1, -0.05) is 0 Å². The zero-order valence-electron chi connectivity index (χ0n) is 10.2. The Balaban J connectivity index is 1.85. The fourth-order valence-corrected chi connectivity index (χ4v) is 1.69. The molecule has 1 N–H and O–H groups in total. The fraction of sp³-hybridized carbons (Fsp3) is 0.308. The van der Waals surface area contributed by atoms with Crippen LogP contribution >= 0.6 is 0 Å². The molecule has 18 heavy (non-hydrogen) atoms. The van der Waals surface area contributed by atoms with Crippen LogP contribution in [0, 0.1) is 11.3 Å². The standard InChI is InChI=1S/C13H15N5/c1-11(10-18-6-2-4-17-18)16-9-12-3-5-15-13(7-12)8-14/h2-7,11,16H,9-10H2,1H3. The van der Waals surface area contributed by atoms with Gasteiger partial charge in [-0.05, 0) is 30.7 Å². The number of nitrogens with one attached hydrogen (secondary N) is 1. The average Bonchev–Trinajstić information content (AvgIpc) is 2.89. The lowest BCUT2D eigenvalue weighted by Gasteiger charge is -2.13. The first kappa shape index (κ1) is 12.3. The van der Waals surface area contributed by atoms with E-state index >= 15 is 0 Å². The summed E-state index contributed by atoms with van der Waals surface area (Å²) in [5.74, 6) is 0. The lowest BCUT2D eigenvalue weighted by Crippen LogP contribution is -2.30. The first-order valence-electron chi connectivity index (χ1n) is 5.84. The van der Waals surface area contributed by atoms with Gasteiger partial charge >= 0.3 is 0 Å². The van der Waals surface area contributed by atoms with Crippen molar-refractivity contribution in [1.82, 2.24) is 20.1 Å². The molecule has 2 heterocycles. The van der Waals surface area contributed by atoms with Crippen LogP contribution < -0.4 is 5.32 Å². The third kappa shape index (κ3) is 3.40. The van der Waals surface area contributed by atoms with Crippen LogP contribution in [-0.2, 0) is 13.1 Å². The molecular formula is C13H15N5. The van der Waals surface area contributed by atoms with Gasteiger partial charge in [0.05, 0.1) is 6.54 Å². The van der Waals surface area contributed by atoms with Crippen molar-refractivity contribution in [2.45, 2.75) is 26.1 Å². The Morgan fingerprint density at radius 3 is 3.11 bits per heavy atom. The third-order valence-electron chi connectivity index (χ3n) is 2.61. The minimum Gasteiger partial charge on any atom is -0.308 e. The highest BCUT2D eigenvalue weighted by molar-refractivity contribution is 5.25. The molecule has 0 aromatic carbocycles. The molecule has 0 saturated carbocycles. The number of nitrogens with zero attached hydrogens (tertiary/aromatic N) is 4. The summed E-state index contributed by atoms with van der Waals surface area (Å²) in [7, 11) is 0. The second-order valence-electron chi connectivity index (χ2n) is 4.17. The SMILES string of the molecule is CC(Cn1cccn1)NCc1ccnc(C#N)c1. The van der Waals surface area contributed by atoms with E-state index < -0.39 is 0 Å². The molecule has 0 aliphatic carbocycles. The maximum absolute atomic E-state index is 8.77. The molecule has 1 atom stereocenters. The molecule has 92 valence electrons. The largest absolute Gasteiger partial charge is 0.308 e. The molecule has 0 saturated heterocycles. The van der Waals surface area contributed by atoms with Crippen LogP contribution in [0.3, 0.4) is 0 Å². The van der Waals surface area contributed by atoms with Crippen molar-refractivity contribution < 1.29 is 0 Å². The summed E-state index contributed by atoms with van der Waals surface area (Å²) in [6.07, 6.45) is 5.38. The zero-order valence-corrected chi connectivity index (χ0v) is 10.2. The fourth-order valence-electron chi connectivity index (χ4n) is 1.69. The maximum Gasteiger partial charge on any atom is 0.140 e. The minimum absolute atomic E-state index is 0.309. The molecule has 5 heteroatoms. The molecule has 0 bridgehead atoms. The van der Waals surface area contributed by atoms with Gasteiger partial charge in [-0.25, -0.2) is 4.98 Å². The van der Waals surface area contributed by atoms with Crippen LogP contribution in [0.2, 0.25) is 0 Å². The van der Waals surface area contributed by atoms with E-state index in [4.69, 9.17) is 5.26 Å². The lowest BCUT2D eigenvalue weighted by atomic mass is 10.2. The third-order valence-corrected chi connectivity index (χ3v) is 2.61. The monoisotopic (exact) mass is 241 g/mol. The molecule has 0 radical (unpaired) electrons. The highest BCUT2D eigenvalue weighted by Gasteiger charge is 2.03. The minimum atomic E-state index is 0.309. The van der Waals surface area contributed by atoms with Crippen LogP contribution in [0.5, 0.6) is 0 Å². The van der Waals surface area contributed by atoms with Crippen molar-refractivity contribution in [2.75, 3.05) is 0 Å². The first-order chi connectivity index (χ1) is 8.78. The summed E-state index contributed by atoms with van der Waals surface area (Å²) in [5, 5.41) is 16.3. The summed E-state index contributed by atoms with van der Waals surface area (Å²) in [6, 6.07) is 7.97. The quantitative estimate of drug-likeness (QED) is 0.857.